The van der Waals surface area contributed by atoms with Gasteiger partial charge in [0, 0.05) is 0 Å². The van der Waals surface area contributed by atoms with Gasteiger partial charge in [-0.2, -0.15) is 0 Å². The average Bonchev–Trinajstić information content (AvgIpc) is 2.88. The van der Waals surface area contributed by atoms with Gasteiger partial charge in [0.25, 0.3) is 0 Å². The van der Waals surface area contributed by atoms with Crippen LogP contribution in [0.2, 0.25) is 0 Å². The molecule has 14 heavy (non-hydrogen) atoms. The maximum Gasteiger partial charge on any atom is -0.00778 e. The Kier molecular flexibility index (Phi) is 1.72. The molecule has 0 nitrogen and oxygen atoms in total. The van der Waals surface area contributed by atoms with Gasteiger partial charge in [0.2, 0.25) is 0 Å². The molecule has 0 aliphatic heterocycles. The molecule has 0 amide bonds. The van der Waals surface area contributed by atoms with Crippen LogP contribution in [0.3, 0.4) is 0 Å². The van der Waals surface area contributed by atoms with Crippen LogP contribution in [-0.2, 0) is 0 Å². The molecule has 76 valence electrons. The standard InChI is InChI=1S/C14H20/c1-3-10-5-6-12-13(10)11-7-8-14(12,4-2)9-11/h5,7-8,11-13H,3-4,6,9H2,1-2H3. The summed E-state index contributed by atoms with van der Waals surface area (Å²) in [6.07, 6.45) is 13.1. The van der Waals surface area contributed by atoms with Crippen molar-refractivity contribution >= 4 is 0 Å². The molecule has 1 saturated carbocycles. The third kappa shape index (κ3) is 0.852. The van der Waals surface area contributed by atoms with E-state index in [9.17, 15) is 0 Å². The molecule has 0 aromatic carbocycles. The van der Waals surface area contributed by atoms with Crippen LogP contribution in [0.15, 0.2) is 23.8 Å². The van der Waals surface area contributed by atoms with E-state index < -0.39 is 0 Å². The first kappa shape index (κ1) is 8.76. The highest BCUT2D eigenvalue weighted by atomic mass is 14.6. The van der Waals surface area contributed by atoms with E-state index in [1.54, 1.807) is 5.57 Å². The van der Waals surface area contributed by atoms with Crippen LogP contribution in [0.5, 0.6) is 0 Å². The third-order valence-electron chi connectivity index (χ3n) is 5.05. The lowest BCUT2D eigenvalue weighted by Gasteiger charge is -2.32. The quantitative estimate of drug-likeness (QED) is 0.576. The summed E-state index contributed by atoms with van der Waals surface area (Å²) in [7, 11) is 0. The van der Waals surface area contributed by atoms with Gasteiger partial charge in [-0.15, -0.1) is 0 Å². The molecule has 2 bridgehead atoms. The summed E-state index contributed by atoms with van der Waals surface area (Å²) < 4.78 is 0. The summed E-state index contributed by atoms with van der Waals surface area (Å²) >= 11 is 0. The maximum atomic E-state index is 2.55. The molecule has 0 aromatic heterocycles. The molecular formula is C14H20. The minimum absolute atomic E-state index is 0.600. The van der Waals surface area contributed by atoms with Crippen LogP contribution < -0.4 is 0 Å². The molecule has 1 fully saturated rings. The molecule has 0 radical (unpaired) electrons. The van der Waals surface area contributed by atoms with Gasteiger partial charge in [-0.1, -0.05) is 37.6 Å². The van der Waals surface area contributed by atoms with Crippen molar-refractivity contribution in [3.63, 3.8) is 0 Å². The monoisotopic (exact) mass is 188 g/mol. The van der Waals surface area contributed by atoms with Crippen molar-refractivity contribution in [3.05, 3.63) is 23.8 Å². The fourth-order valence-electron chi connectivity index (χ4n) is 4.30. The van der Waals surface area contributed by atoms with Crippen LogP contribution in [0.4, 0.5) is 0 Å². The van der Waals surface area contributed by atoms with Crippen LogP contribution in [0, 0.1) is 23.2 Å². The molecule has 3 aliphatic carbocycles. The molecule has 0 heteroatoms. The topological polar surface area (TPSA) is 0 Å². The van der Waals surface area contributed by atoms with Crippen molar-refractivity contribution in [1.82, 2.24) is 0 Å². The average molecular weight is 188 g/mol. The molecule has 0 spiro atoms. The Morgan fingerprint density at radius 3 is 3.00 bits per heavy atom. The smallest absolute Gasteiger partial charge is 0.00778 e. The Labute approximate surface area is 87.1 Å². The van der Waals surface area contributed by atoms with Crippen LogP contribution >= 0.6 is 0 Å². The molecule has 4 atom stereocenters. The van der Waals surface area contributed by atoms with E-state index in [-0.39, 0.29) is 0 Å². The van der Waals surface area contributed by atoms with E-state index in [1.165, 1.54) is 25.7 Å². The lowest BCUT2D eigenvalue weighted by molar-refractivity contribution is 0.246. The highest BCUT2D eigenvalue weighted by Gasteiger charge is 2.55. The molecule has 0 heterocycles. The van der Waals surface area contributed by atoms with Crippen molar-refractivity contribution in [3.8, 4) is 0 Å². The van der Waals surface area contributed by atoms with Crippen molar-refractivity contribution < 1.29 is 0 Å². The Bertz CT molecular complexity index is 310. The number of hydrogen-bond acceptors (Lipinski definition) is 0. The Balaban J connectivity index is 1.97. The van der Waals surface area contributed by atoms with E-state index in [4.69, 9.17) is 0 Å². The predicted octanol–water partition coefficient (Wildman–Crippen LogP) is 3.95. The molecule has 0 N–H and O–H groups in total. The van der Waals surface area contributed by atoms with Gasteiger partial charge >= 0.3 is 0 Å². The van der Waals surface area contributed by atoms with Gasteiger partial charge in [-0.05, 0) is 48.9 Å². The molecule has 3 rings (SSSR count). The second-order valence-electron chi connectivity index (χ2n) is 5.31. The van der Waals surface area contributed by atoms with Crippen LogP contribution in [-0.4, -0.2) is 0 Å². The predicted molar refractivity (Wildman–Crippen MR) is 59.9 cm³/mol. The number of hydrogen-bond donors (Lipinski definition) is 0. The van der Waals surface area contributed by atoms with Gasteiger partial charge in [-0.25, -0.2) is 0 Å². The van der Waals surface area contributed by atoms with E-state index in [0.29, 0.717) is 5.41 Å². The summed E-state index contributed by atoms with van der Waals surface area (Å²) in [5.41, 5.74) is 2.36. The van der Waals surface area contributed by atoms with Gasteiger partial charge in [0.15, 0.2) is 0 Å². The van der Waals surface area contributed by atoms with Crippen molar-refractivity contribution in [2.45, 2.75) is 39.5 Å². The van der Waals surface area contributed by atoms with E-state index in [0.717, 1.165) is 17.8 Å². The first-order valence-corrected chi connectivity index (χ1v) is 6.19. The summed E-state index contributed by atoms with van der Waals surface area (Å²) in [5.74, 6) is 2.80. The van der Waals surface area contributed by atoms with Crippen molar-refractivity contribution in [2.24, 2.45) is 23.2 Å². The second kappa shape index (κ2) is 2.74. The summed E-state index contributed by atoms with van der Waals surface area (Å²) in [6, 6.07) is 0. The molecule has 4 unspecified atom stereocenters. The minimum atomic E-state index is 0.600. The zero-order valence-electron chi connectivity index (χ0n) is 9.29. The van der Waals surface area contributed by atoms with Crippen LogP contribution in [0.1, 0.15) is 39.5 Å². The van der Waals surface area contributed by atoms with Crippen molar-refractivity contribution in [2.75, 3.05) is 0 Å². The lowest BCUT2D eigenvalue weighted by atomic mass is 9.72. The fourth-order valence-corrected chi connectivity index (χ4v) is 4.30. The zero-order chi connectivity index (χ0) is 9.76. The number of allylic oxidation sites excluding steroid dienone is 4. The Morgan fingerprint density at radius 2 is 2.29 bits per heavy atom. The number of rotatable bonds is 2. The summed E-state index contributed by atoms with van der Waals surface area (Å²) in [5, 5.41) is 0. The van der Waals surface area contributed by atoms with Crippen LogP contribution in [0.25, 0.3) is 0 Å². The lowest BCUT2D eigenvalue weighted by Crippen LogP contribution is -2.25. The van der Waals surface area contributed by atoms with Crippen molar-refractivity contribution in [1.29, 1.82) is 0 Å². The van der Waals surface area contributed by atoms with Gasteiger partial charge in [0.1, 0.15) is 0 Å². The molecule has 0 aromatic rings. The molecule has 3 aliphatic rings. The van der Waals surface area contributed by atoms with Gasteiger partial charge < -0.3 is 0 Å². The van der Waals surface area contributed by atoms with Gasteiger partial charge in [0.05, 0.1) is 0 Å². The van der Waals surface area contributed by atoms with Gasteiger partial charge in [-0.3, -0.25) is 0 Å². The molecule has 0 saturated heterocycles. The summed E-state index contributed by atoms with van der Waals surface area (Å²) in [6.45, 7) is 4.70. The Hall–Kier alpha value is -0.520. The maximum absolute atomic E-state index is 2.55. The normalized spacial score (nSPS) is 48.4. The SMILES string of the molecule is CCC1=CCC2C1C1C=CC2(CC)C1. The molecular weight excluding hydrogens is 168 g/mol. The van der Waals surface area contributed by atoms with E-state index >= 15 is 0 Å². The highest BCUT2D eigenvalue weighted by molar-refractivity contribution is 5.32. The first-order valence-electron chi connectivity index (χ1n) is 6.19. The third-order valence-corrected chi connectivity index (χ3v) is 5.05. The second-order valence-corrected chi connectivity index (χ2v) is 5.31. The summed E-state index contributed by atoms with van der Waals surface area (Å²) in [4.78, 5) is 0. The largest absolute Gasteiger partial charge is 0.0847 e. The highest BCUT2D eigenvalue weighted by Crippen LogP contribution is 2.63. The van der Waals surface area contributed by atoms with E-state index in [2.05, 4.69) is 32.1 Å². The fraction of sp³-hybridized carbons (Fsp3) is 0.714. The first-order chi connectivity index (χ1) is 6.80. The minimum Gasteiger partial charge on any atom is -0.0847 e. The number of fused-ring (bicyclic) bond motifs is 5. The zero-order valence-corrected chi connectivity index (χ0v) is 9.29. The Morgan fingerprint density at radius 1 is 1.43 bits per heavy atom. The van der Waals surface area contributed by atoms with E-state index in [1.807, 2.05) is 0 Å².